The summed E-state index contributed by atoms with van der Waals surface area (Å²) in [6.07, 6.45) is 0.861. The Bertz CT molecular complexity index is 449. The molecule has 1 rings (SSSR count). The van der Waals surface area contributed by atoms with Gasteiger partial charge in [-0.25, -0.2) is 9.38 Å². The van der Waals surface area contributed by atoms with Crippen LogP contribution in [-0.2, 0) is 0 Å². The number of benzene rings is 1. The van der Waals surface area contributed by atoms with Crippen molar-refractivity contribution >= 4 is 35.6 Å². The number of guanidine groups is 1. The Kier molecular flexibility index (Phi) is 9.79. The zero-order chi connectivity index (χ0) is 14.1. The summed E-state index contributed by atoms with van der Waals surface area (Å²) in [7, 11) is 0. The van der Waals surface area contributed by atoms with Crippen LogP contribution in [0.3, 0.4) is 0 Å². The Morgan fingerprint density at radius 1 is 1.40 bits per heavy atom. The molecule has 0 unspecified atom stereocenters. The number of anilines is 1. The van der Waals surface area contributed by atoms with E-state index in [1.807, 2.05) is 13.0 Å². The third kappa shape index (κ3) is 8.73. The second-order valence-electron chi connectivity index (χ2n) is 4.38. The fraction of sp³-hybridized carbons (Fsp3) is 0.357. The lowest BCUT2D eigenvalue weighted by Gasteiger charge is -2.08. The standard InChI is InChI=1S/C14H21FN4.HI/c1-11(2)10-19-14(16)18-8-4-7-17-13-6-3-5-12(15)9-13;/h3,5-6,9,17H,1,4,7-8,10H2,2H3,(H3,16,18,19);1H. The van der Waals surface area contributed by atoms with Gasteiger partial charge in [-0.2, -0.15) is 0 Å². The van der Waals surface area contributed by atoms with Crippen LogP contribution >= 0.6 is 24.0 Å². The summed E-state index contributed by atoms with van der Waals surface area (Å²) in [6, 6.07) is 6.40. The Morgan fingerprint density at radius 3 is 2.80 bits per heavy atom. The molecule has 0 saturated heterocycles. The first-order valence-corrected chi connectivity index (χ1v) is 6.25. The number of nitrogens with one attached hydrogen (secondary N) is 2. The summed E-state index contributed by atoms with van der Waals surface area (Å²) >= 11 is 0. The lowest BCUT2D eigenvalue weighted by Crippen LogP contribution is -2.33. The largest absolute Gasteiger partial charge is 0.385 e. The van der Waals surface area contributed by atoms with Crippen LogP contribution in [0.2, 0.25) is 0 Å². The summed E-state index contributed by atoms with van der Waals surface area (Å²) in [4.78, 5) is 4.10. The van der Waals surface area contributed by atoms with Crippen LogP contribution in [0.25, 0.3) is 0 Å². The molecule has 0 aliphatic heterocycles. The van der Waals surface area contributed by atoms with Gasteiger partial charge in [-0.05, 0) is 31.5 Å². The molecule has 1 aromatic carbocycles. The number of hydrogen-bond acceptors (Lipinski definition) is 2. The summed E-state index contributed by atoms with van der Waals surface area (Å²) < 4.78 is 12.9. The van der Waals surface area contributed by atoms with Crippen molar-refractivity contribution in [2.24, 2.45) is 10.7 Å². The lowest BCUT2D eigenvalue weighted by molar-refractivity contribution is 0.628. The van der Waals surface area contributed by atoms with Crippen molar-refractivity contribution in [2.75, 3.05) is 25.0 Å². The Morgan fingerprint density at radius 2 is 2.15 bits per heavy atom. The van der Waals surface area contributed by atoms with Gasteiger partial charge in [-0.15, -0.1) is 24.0 Å². The van der Waals surface area contributed by atoms with Crippen molar-refractivity contribution in [2.45, 2.75) is 13.3 Å². The van der Waals surface area contributed by atoms with Gasteiger partial charge in [0.1, 0.15) is 5.82 Å². The number of halogens is 2. The van der Waals surface area contributed by atoms with Gasteiger partial charge in [0.05, 0.1) is 6.54 Å². The van der Waals surface area contributed by atoms with E-state index in [4.69, 9.17) is 5.73 Å². The topological polar surface area (TPSA) is 62.4 Å². The maximum atomic E-state index is 12.9. The molecular formula is C14H22FIN4. The fourth-order valence-corrected chi connectivity index (χ4v) is 1.41. The number of aliphatic imine (C=N–C) groups is 1. The molecule has 0 atom stereocenters. The molecule has 0 aliphatic carbocycles. The summed E-state index contributed by atoms with van der Waals surface area (Å²) in [5.74, 6) is 0.188. The van der Waals surface area contributed by atoms with Gasteiger partial charge in [-0.3, -0.25) is 0 Å². The minimum atomic E-state index is -0.237. The van der Waals surface area contributed by atoms with Gasteiger partial charge < -0.3 is 16.4 Å². The molecule has 0 bridgehead atoms. The molecule has 0 spiro atoms. The van der Waals surface area contributed by atoms with Crippen molar-refractivity contribution in [3.05, 3.63) is 42.2 Å². The maximum Gasteiger partial charge on any atom is 0.188 e. The molecule has 0 aromatic heterocycles. The van der Waals surface area contributed by atoms with Crippen molar-refractivity contribution < 1.29 is 4.39 Å². The molecule has 0 saturated carbocycles. The van der Waals surface area contributed by atoms with E-state index in [1.54, 1.807) is 6.07 Å². The Labute approximate surface area is 136 Å². The number of nitrogens with zero attached hydrogens (tertiary/aromatic N) is 1. The van der Waals surface area contributed by atoms with E-state index in [9.17, 15) is 4.39 Å². The number of rotatable bonds is 7. The Balaban J connectivity index is 0.00000361. The highest BCUT2D eigenvalue weighted by atomic mass is 127. The van der Waals surface area contributed by atoms with Crippen molar-refractivity contribution in [1.82, 2.24) is 5.32 Å². The summed E-state index contributed by atoms with van der Waals surface area (Å²) in [6.45, 7) is 7.65. The molecule has 20 heavy (non-hydrogen) atoms. The van der Waals surface area contributed by atoms with Crippen LogP contribution in [0, 0.1) is 5.82 Å². The maximum absolute atomic E-state index is 12.9. The molecule has 112 valence electrons. The van der Waals surface area contributed by atoms with E-state index in [0.29, 0.717) is 19.0 Å². The van der Waals surface area contributed by atoms with Crippen LogP contribution in [0.5, 0.6) is 0 Å². The fourth-order valence-electron chi connectivity index (χ4n) is 1.41. The predicted octanol–water partition coefficient (Wildman–Crippen LogP) is 2.73. The van der Waals surface area contributed by atoms with Gasteiger partial charge in [0.25, 0.3) is 0 Å². The number of hydrogen-bond donors (Lipinski definition) is 3. The first-order chi connectivity index (χ1) is 9.08. The van der Waals surface area contributed by atoms with Crippen LogP contribution in [0.1, 0.15) is 13.3 Å². The van der Waals surface area contributed by atoms with Crippen LogP contribution in [-0.4, -0.2) is 25.6 Å². The molecule has 0 fully saturated rings. The quantitative estimate of drug-likeness (QED) is 0.220. The van der Waals surface area contributed by atoms with Gasteiger partial charge >= 0.3 is 0 Å². The first-order valence-electron chi connectivity index (χ1n) is 6.25. The first kappa shape index (κ1) is 18.7. The smallest absolute Gasteiger partial charge is 0.188 e. The van der Waals surface area contributed by atoms with Crippen molar-refractivity contribution in [3.63, 3.8) is 0 Å². The van der Waals surface area contributed by atoms with Gasteiger partial charge in [-0.1, -0.05) is 18.2 Å². The summed E-state index contributed by atoms with van der Waals surface area (Å²) in [5, 5.41) is 6.14. The van der Waals surface area contributed by atoms with Crippen LogP contribution < -0.4 is 16.4 Å². The predicted molar refractivity (Wildman–Crippen MR) is 94.2 cm³/mol. The highest BCUT2D eigenvalue weighted by Gasteiger charge is 1.95. The molecule has 6 heteroatoms. The van der Waals surface area contributed by atoms with E-state index in [2.05, 4.69) is 22.2 Å². The zero-order valence-corrected chi connectivity index (χ0v) is 14.0. The molecule has 0 amide bonds. The minimum Gasteiger partial charge on any atom is -0.385 e. The van der Waals surface area contributed by atoms with E-state index in [-0.39, 0.29) is 29.8 Å². The second-order valence-corrected chi connectivity index (χ2v) is 4.38. The van der Waals surface area contributed by atoms with Crippen molar-refractivity contribution in [1.29, 1.82) is 0 Å². The summed E-state index contributed by atoms with van der Waals surface area (Å²) in [5.41, 5.74) is 7.41. The lowest BCUT2D eigenvalue weighted by atomic mass is 10.3. The highest BCUT2D eigenvalue weighted by Crippen LogP contribution is 2.08. The second kappa shape index (κ2) is 10.5. The molecule has 4 N–H and O–H groups in total. The average molecular weight is 392 g/mol. The zero-order valence-electron chi connectivity index (χ0n) is 11.7. The van der Waals surface area contributed by atoms with E-state index < -0.39 is 0 Å². The minimum absolute atomic E-state index is 0. The molecule has 0 heterocycles. The van der Waals surface area contributed by atoms with Gasteiger partial charge in [0.2, 0.25) is 0 Å². The van der Waals surface area contributed by atoms with Crippen molar-refractivity contribution in [3.8, 4) is 0 Å². The average Bonchev–Trinajstić information content (AvgIpc) is 2.36. The molecular weight excluding hydrogens is 370 g/mol. The normalized spacial score (nSPS) is 10.6. The Hall–Kier alpha value is -1.31. The van der Waals surface area contributed by atoms with Gasteiger partial charge in [0, 0.05) is 18.8 Å². The van der Waals surface area contributed by atoms with Crippen LogP contribution in [0.15, 0.2) is 41.4 Å². The third-order valence-corrected chi connectivity index (χ3v) is 2.33. The third-order valence-electron chi connectivity index (χ3n) is 2.33. The van der Waals surface area contributed by atoms with Gasteiger partial charge in [0.15, 0.2) is 5.96 Å². The highest BCUT2D eigenvalue weighted by molar-refractivity contribution is 14.0. The van der Waals surface area contributed by atoms with E-state index in [1.165, 1.54) is 12.1 Å². The van der Waals surface area contributed by atoms with E-state index in [0.717, 1.165) is 24.2 Å². The SMILES string of the molecule is C=C(C)CN=C(N)NCCCNc1cccc(F)c1.I. The van der Waals surface area contributed by atoms with Crippen LogP contribution in [0.4, 0.5) is 10.1 Å². The molecule has 1 aromatic rings. The van der Waals surface area contributed by atoms with E-state index >= 15 is 0 Å². The molecule has 4 nitrogen and oxygen atoms in total. The number of nitrogens with two attached hydrogens (primary N) is 1. The molecule has 0 aliphatic rings. The monoisotopic (exact) mass is 392 g/mol. The molecule has 0 radical (unpaired) electrons.